The van der Waals surface area contributed by atoms with Gasteiger partial charge < -0.3 is 10.2 Å². The molecule has 0 radical (unpaired) electrons. The molecule has 2 amide bonds. The van der Waals surface area contributed by atoms with E-state index in [1.54, 1.807) is 30.3 Å². The molecule has 0 spiro atoms. The molecule has 3 rings (SSSR count). The Morgan fingerprint density at radius 2 is 1.72 bits per heavy atom. The lowest BCUT2D eigenvalue weighted by Gasteiger charge is -2.20. The molecule has 0 bridgehead atoms. The first kappa shape index (κ1) is 17.8. The fourth-order valence-electron chi connectivity index (χ4n) is 2.97. The van der Waals surface area contributed by atoms with E-state index in [1.807, 2.05) is 26.0 Å². The van der Waals surface area contributed by atoms with Gasteiger partial charge in [0.25, 0.3) is 0 Å². The van der Waals surface area contributed by atoms with Gasteiger partial charge in [0.1, 0.15) is 6.54 Å². The number of benzene rings is 2. The van der Waals surface area contributed by atoms with Crippen molar-refractivity contribution in [3.63, 3.8) is 0 Å². The van der Waals surface area contributed by atoms with Crippen molar-refractivity contribution in [2.45, 2.75) is 25.8 Å². The zero-order valence-electron chi connectivity index (χ0n) is 14.0. The average molecular weight is 377 g/mol. The number of hydrogen-bond donors (Lipinski definition) is 1. The number of amides is 2. The molecule has 1 aliphatic rings. The predicted octanol–water partition coefficient (Wildman–Crippen LogP) is 3.93. The van der Waals surface area contributed by atoms with Crippen molar-refractivity contribution < 1.29 is 9.59 Å². The Kier molecular flexibility index (Phi) is 4.76. The van der Waals surface area contributed by atoms with E-state index in [9.17, 15) is 9.59 Å². The molecule has 1 heterocycles. The summed E-state index contributed by atoms with van der Waals surface area (Å²) in [6.07, 6.45) is 0. The van der Waals surface area contributed by atoms with Crippen molar-refractivity contribution in [1.29, 1.82) is 0 Å². The summed E-state index contributed by atoms with van der Waals surface area (Å²) in [6.45, 7) is 4.05. The van der Waals surface area contributed by atoms with Crippen molar-refractivity contribution in [2.24, 2.45) is 0 Å². The van der Waals surface area contributed by atoms with Crippen LogP contribution >= 0.6 is 23.2 Å². The summed E-state index contributed by atoms with van der Waals surface area (Å²) in [5, 5.41) is 4.06. The zero-order chi connectivity index (χ0) is 18.2. The summed E-state index contributed by atoms with van der Waals surface area (Å²) in [6, 6.07) is 12.6. The van der Waals surface area contributed by atoms with Gasteiger partial charge in [-0.25, -0.2) is 0 Å². The molecular formula is C19H18Cl2N2O2. The van der Waals surface area contributed by atoms with Crippen LogP contribution in [0.4, 0.5) is 5.69 Å². The molecular weight excluding hydrogens is 359 g/mol. The highest BCUT2D eigenvalue weighted by Crippen LogP contribution is 2.42. The number of nitrogens with zero attached hydrogens (tertiary/aromatic N) is 1. The van der Waals surface area contributed by atoms with Gasteiger partial charge in [-0.3, -0.25) is 9.59 Å². The predicted molar refractivity (Wildman–Crippen MR) is 100 cm³/mol. The van der Waals surface area contributed by atoms with Crippen LogP contribution in [0.3, 0.4) is 0 Å². The third-order valence-electron chi connectivity index (χ3n) is 4.41. The van der Waals surface area contributed by atoms with Crippen LogP contribution in [0, 0.1) is 0 Å². The highest BCUT2D eigenvalue weighted by atomic mass is 35.5. The summed E-state index contributed by atoms with van der Waals surface area (Å²) in [5.74, 6) is -0.326. The van der Waals surface area contributed by atoms with E-state index in [4.69, 9.17) is 23.2 Å². The molecule has 0 fully saturated rings. The monoisotopic (exact) mass is 376 g/mol. The van der Waals surface area contributed by atoms with Crippen molar-refractivity contribution in [3.05, 3.63) is 63.6 Å². The number of nitrogens with one attached hydrogen (secondary N) is 1. The maximum atomic E-state index is 12.7. The molecule has 0 saturated heterocycles. The first-order chi connectivity index (χ1) is 11.8. The highest BCUT2D eigenvalue weighted by Gasteiger charge is 2.44. The van der Waals surface area contributed by atoms with Gasteiger partial charge in [0, 0.05) is 22.3 Å². The van der Waals surface area contributed by atoms with Crippen LogP contribution in [-0.2, 0) is 21.5 Å². The first-order valence-corrected chi connectivity index (χ1v) is 8.68. The van der Waals surface area contributed by atoms with E-state index in [-0.39, 0.29) is 18.4 Å². The van der Waals surface area contributed by atoms with Crippen LogP contribution in [0.1, 0.15) is 25.0 Å². The lowest BCUT2D eigenvalue weighted by atomic mass is 9.86. The Morgan fingerprint density at radius 3 is 2.40 bits per heavy atom. The zero-order valence-corrected chi connectivity index (χ0v) is 15.5. The summed E-state index contributed by atoms with van der Waals surface area (Å²) < 4.78 is 0. The average Bonchev–Trinajstić information content (AvgIpc) is 2.75. The fraction of sp³-hybridized carbons (Fsp3) is 0.263. The Hall–Kier alpha value is -2.04. The molecule has 0 atom stereocenters. The van der Waals surface area contributed by atoms with Gasteiger partial charge in [0.05, 0.1) is 5.41 Å². The molecule has 6 heteroatoms. The topological polar surface area (TPSA) is 49.4 Å². The minimum atomic E-state index is -0.698. The van der Waals surface area contributed by atoms with E-state index in [0.717, 1.165) is 16.8 Å². The van der Waals surface area contributed by atoms with Gasteiger partial charge in [0.15, 0.2) is 0 Å². The molecule has 1 N–H and O–H groups in total. The molecule has 0 saturated carbocycles. The van der Waals surface area contributed by atoms with Crippen molar-refractivity contribution in [2.75, 3.05) is 11.4 Å². The number of rotatable bonds is 4. The molecule has 2 aromatic rings. The molecule has 0 aliphatic carbocycles. The Labute approximate surface area is 156 Å². The van der Waals surface area contributed by atoms with E-state index >= 15 is 0 Å². The maximum Gasteiger partial charge on any atom is 0.240 e. The van der Waals surface area contributed by atoms with Crippen LogP contribution in [-0.4, -0.2) is 18.4 Å². The number of halogens is 2. The van der Waals surface area contributed by atoms with Crippen LogP contribution in [0.25, 0.3) is 0 Å². The van der Waals surface area contributed by atoms with Gasteiger partial charge in [-0.2, -0.15) is 0 Å². The molecule has 1 aliphatic heterocycles. The van der Waals surface area contributed by atoms with E-state index in [1.165, 1.54) is 4.90 Å². The van der Waals surface area contributed by atoms with Crippen LogP contribution < -0.4 is 10.2 Å². The minimum Gasteiger partial charge on any atom is -0.350 e. The van der Waals surface area contributed by atoms with Crippen molar-refractivity contribution >= 4 is 40.7 Å². The largest absolute Gasteiger partial charge is 0.350 e. The van der Waals surface area contributed by atoms with E-state index in [2.05, 4.69) is 5.32 Å². The molecule has 2 aromatic carbocycles. The summed E-state index contributed by atoms with van der Waals surface area (Å²) in [5.41, 5.74) is 1.83. The van der Waals surface area contributed by atoms with Crippen LogP contribution in [0.5, 0.6) is 0 Å². The number of fused-ring (bicyclic) bond motifs is 1. The van der Waals surface area contributed by atoms with Gasteiger partial charge in [0.2, 0.25) is 11.8 Å². The van der Waals surface area contributed by atoms with Crippen molar-refractivity contribution in [3.8, 4) is 0 Å². The smallest absolute Gasteiger partial charge is 0.240 e. The SMILES string of the molecule is CC1(C)C(=O)N(CC(=O)NCc2ccc(Cl)cc2)c2ccc(Cl)cc21. The third-order valence-corrected chi connectivity index (χ3v) is 4.89. The first-order valence-electron chi connectivity index (χ1n) is 7.92. The number of carbonyl (C=O) groups excluding carboxylic acids is 2. The van der Waals surface area contributed by atoms with Gasteiger partial charge in [-0.05, 0) is 55.3 Å². The lowest BCUT2D eigenvalue weighted by molar-refractivity contribution is -0.125. The lowest BCUT2D eigenvalue weighted by Crippen LogP contribution is -2.42. The highest BCUT2D eigenvalue weighted by molar-refractivity contribution is 6.31. The summed E-state index contributed by atoms with van der Waals surface area (Å²) >= 11 is 11.9. The normalized spacial score (nSPS) is 15.2. The molecule has 4 nitrogen and oxygen atoms in total. The molecule has 130 valence electrons. The Balaban J connectivity index is 1.71. The minimum absolute atomic E-state index is 0.0233. The van der Waals surface area contributed by atoms with Crippen molar-refractivity contribution in [1.82, 2.24) is 5.32 Å². The number of anilines is 1. The third kappa shape index (κ3) is 3.51. The summed E-state index contributed by atoms with van der Waals surface area (Å²) in [4.78, 5) is 26.6. The molecule has 0 aromatic heterocycles. The van der Waals surface area contributed by atoms with E-state index < -0.39 is 5.41 Å². The quantitative estimate of drug-likeness (QED) is 0.878. The molecule has 0 unspecified atom stereocenters. The Morgan fingerprint density at radius 1 is 1.08 bits per heavy atom. The van der Waals surface area contributed by atoms with Crippen LogP contribution in [0.2, 0.25) is 10.0 Å². The second kappa shape index (κ2) is 6.70. The number of hydrogen-bond acceptors (Lipinski definition) is 2. The van der Waals surface area contributed by atoms with E-state index in [0.29, 0.717) is 16.6 Å². The van der Waals surface area contributed by atoms with Gasteiger partial charge in [-0.15, -0.1) is 0 Å². The summed E-state index contributed by atoms with van der Waals surface area (Å²) in [7, 11) is 0. The fourth-order valence-corrected chi connectivity index (χ4v) is 3.26. The molecule has 25 heavy (non-hydrogen) atoms. The second-order valence-corrected chi connectivity index (χ2v) is 7.45. The van der Waals surface area contributed by atoms with Gasteiger partial charge >= 0.3 is 0 Å². The Bertz CT molecular complexity index is 832. The van der Waals surface area contributed by atoms with Gasteiger partial charge in [-0.1, -0.05) is 35.3 Å². The maximum absolute atomic E-state index is 12.7. The van der Waals surface area contributed by atoms with Crippen LogP contribution in [0.15, 0.2) is 42.5 Å². The standard InChI is InChI=1S/C19H18Cl2N2O2/c1-19(2)15-9-14(21)7-8-16(15)23(18(19)25)11-17(24)22-10-12-3-5-13(20)6-4-12/h3-9H,10-11H2,1-2H3,(H,22,24). The second-order valence-electron chi connectivity index (χ2n) is 6.58. The number of carbonyl (C=O) groups is 2.